The van der Waals surface area contributed by atoms with Crippen molar-refractivity contribution in [2.45, 2.75) is 65.5 Å². The van der Waals surface area contributed by atoms with Gasteiger partial charge in [0, 0.05) is 56.1 Å². The van der Waals surface area contributed by atoms with Gasteiger partial charge >= 0.3 is 0 Å². The lowest BCUT2D eigenvalue weighted by molar-refractivity contribution is 0.174. The van der Waals surface area contributed by atoms with Crippen molar-refractivity contribution in [3.8, 4) is 17.2 Å². The average Bonchev–Trinajstić information content (AvgIpc) is 2.90. The molecule has 3 rings (SSSR count). The summed E-state index contributed by atoms with van der Waals surface area (Å²) in [7, 11) is 6.44. The zero-order valence-electron chi connectivity index (χ0n) is 24.2. The Kier molecular flexibility index (Phi) is 10.4. The molecule has 39 heavy (non-hydrogen) atoms. The molecule has 0 fully saturated rings. The second-order valence-corrected chi connectivity index (χ2v) is 10.4. The molecule has 3 aromatic rings. The van der Waals surface area contributed by atoms with E-state index in [9.17, 15) is 15.3 Å². The molecular formula is C32H42O7. The van der Waals surface area contributed by atoms with Gasteiger partial charge in [-0.3, -0.25) is 0 Å². The number of methoxy groups -OCH3 is 4. The van der Waals surface area contributed by atoms with E-state index in [2.05, 4.69) is 6.92 Å². The number of rotatable bonds is 13. The molecule has 0 amide bonds. The zero-order valence-corrected chi connectivity index (χ0v) is 24.2. The lowest BCUT2D eigenvalue weighted by Crippen LogP contribution is -2.26. The van der Waals surface area contributed by atoms with Crippen LogP contribution in [0, 0.1) is 13.8 Å². The molecule has 7 heteroatoms. The summed E-state index contributed by atoms with van der Waals surface area (Å²) < 4.78 is 21.4. The Morgan fingerprint density at radius 1 is 0.564 bits per heavy atom. The molecule has 0 unspecified atom stereocenters. The molecule has 212 valence electrons. The van der Waals surface area contributed by atoms with Crippen molar-refractivity contribution in [1.82, 2.24) is 0 Å². The van der Waals surface area contributed by atoms with Crippen LogP contribution in [-0.2, 0) is 57.2 Å². The predicted octanol–water partition coefficient (Wildman–Crippen LogP) is 5.94. The number of phenols is 3. The molecule has 0 aliphatic carbocycles. The highest BCUT2D eigenvalue weighted by Crippen LogP contribution is 2.42. The van der Waals surface area contributed by atoms with E-state index in [1.807, 2.05) is 50.2 Å². The van der Waals surface area contributed by atoms with Crippen molar-refractivity contribution in [3.05, 3.63) is 86.5 Å². The summed E-state index contributed by atoms with van der Waals surface area (Å²) in [6.07, 6.45) is 1.41. The van der Waals surface area contributed by atoms with Crippen molar-refractivity contribution in [2.24, 2.45) is 0 Å². The van der Waals surface area contributed by atoms with Crippen molar-refractivity contribution in [3.63, 3.8) is 0 Å². The quantitative estimate of drug-likeness (QED) is 0.248. The Balaban J connectivity index is 2.17. The summed E-state index contributed by atoms with van der Waals surface area (Å²) in [5.74, 6) is 0.663. The van der Waals surface area contributed by atoms with E-state index in [4.69, 9.17) is 18.9 Å². The number of hydrogen-bond acceptors (Lipinski definition) is 7. The van der Waals surface area contributed by atoms with E-state index in [0.717, 1.165) is 50.1 Å². The molecule has 3 aromatic carbocycles. The van der Waals surface area contributed by atoms with E-state index in [1.54, 1.807) is 28.4 Å². The van der Waals surface area contributed by atoms with Crippen LogP contribution in [0.5, 0.6) is 17.2 Å². The smallest absolute Gasteiger partial charge is 0.126 e. The second kappa shape index (κ2) is 13.3. The first kappa shape index (κ1) is 30.4. The topological polar surface area (TPSA) is 97.6 Å². The van der Waals surface area contributed by atoms with Gasteiger partial charge in [0.15, 0.2) is 0 Å². The highest BCUT2D eigenvalue weighted by molar-refractivity contribution is 5.52. The van der Waals surface area contributed by atoms with Crippen LogP contribution in [-0.4, -0.2) is 43.8 Å². The fourth-order valence-electron chi connectivity index (χ4n) is 5.23. The molecule has 3 N–H and O–H groups in total. The van der Waals surface area contributed by atoms with E-state index in [-0.39, 0.29) is 17.2 Å². The van der Waals surface area contributed by atoms with Gasteiger partial charge in [-0.15, -0.1) is 0 Å². The first-order valence-corrected chi connectivity index (χ1v) is 13.0. The number of aryl methyl sites for hydroxylation is 3. The average molecular weight is 539 g/mol. The van der Waals surface area contributed by atoms with Gasteiger partial charge in [-0.05, 0) is 78.8 Å². The van der Waals surface area contributed by atoms with Crippen LogP contribution >= 0.6 is 0 Å². The van der Waals surface area contributed by atoms with E-state index < -0.39 is 5.41 Å². The highest BCUT2D eigenvalue weighted by Gasteiger charge is 2.32. The van der Waals surface area contributed by atoms with Gasteiger partial charge in [0.1, 0.15) is 17.2 Å². The van der Waals surface area contributed by atoms with Gasteiger partial charge in [-0.25, -0.2) is 0 Å². The summed E-state index contributed by atoms with van der Waals surface area (Å²) in [4.78, 5) is 0. The van der Waals surface area contributed by atoms with Crippen LogP contribution in [0.4, 0.5) is 0 Å². The molecule has 0 saturated carbocycles. The lowest BCUT2D eigenvalue weighted by Gasteiger charge is -2.33. The van der Waals surface area contributed by atoms with Crippen molar-refractivity contribution in [1.29, 1.82) is 0 Å². The number of aromatic hydroxyl groups is 3. The summed E-state index contributed by atoms with van der Waals surface area (Å²) in [5, 5.41) is 32.1. The Labute approximate surface area is 231 Å². The summed E-state index contributed by atoms with van der Waals surface area (Å²) in [5.41, 5.74) is 7.05. The second-order valence-electron chi connectivity index (χ2n) is 10.4. The number of phenolic OH excluding ortho intramolecular Hbond substituents is 3. The van der Waals surface area contributed by atoms with Gasteiger partial charge in [0.05, 0.1) is 26.4 Å². The first-order valence-electron chi connectivity index (χ1n) is 13.0. The largest absolute Gasteiger partial charge is 0.507 e. The Bertz CT molecular complexity index is 1190. The summed E-state index contributed by atoms with van der Waals surface area (Å²) in [6, 6.07) is 12.0. The minimum atomic E-state index is -0.497. The van der Waals surface area contributed by atoms with Gasteiger partial charge < -0.3 is 34.3 Å². The molecule has 0 aliphatic heterocycles. The molecule has 0 atom stereocenters. The summed E-state index contributed by atoms with van der Waals surface area (Å²) in [6.45, 7) is 7.14. The van der Waals surface area contributed by atoms with Crippen LogP contribution in [0.25, 0.3) is 0 Å². The molecular weight excluding hydrogens is 496 g/mol. The van der Waals surface area contributed by atoms with Crippen LogP contribution in [0.3, 0.4) is 0 Å². The molecule has 0 saturated heterocycles. The molecule has 0 radical (unpaired) electrons. The number of hydrogen-bond donors (Lipinski definition) is 3. The SMILES string of the molecule is COCc1cc(C(C)(CCc2cc(COC)c(O)c(COC)c2)c2cc(C)c(O)c(COC)c2)cc(C)c1O. The van der Waals surface area contributed by atoms with Crippen molar-refractivity contribution >= 4 is 0 Å². The summed E-state index contributed by atoms with van der Waals surface area (Å²) >= 11 is 0. The molecule has 0 bridgehead atoms. The normalized spacial score (nSPS) is 11.8. The Hall–Kier alpha value is -3.10. The third kappa shape index (κ3) is 6.73. The number of ether oxygens (including phenoxy) is 4. The van der Waals surface area contributed by atoms with E-state index in [1.165, 1.54) is 0 Å². The maximum atomic E-state index is 10.7. The fraction of sp³-hybridized carbons (Fsp3) is 0.438. The van der Waals surface area contributed by atoms with E-state index in [0.29, 0.717) is 39.3 Å². The molecule has 7 nitrogen and oxygen atoms in total. The fourth-order valence-corrected chi connectivity index (χ4v) is 5.23. The third-order valence-corrected chi connectivity index (χ3v) is 7.47. The Morgan fingerprint density at radius 3 is 1.28 bits per heavy atom. The first-order chi connectivity index (χ1) is 18.6. The van der Waals surface area contributed by atoms with Gasteiger partial charge in [-0.2, -0.15) is 0 Å². The molecule has 0 heterocycles. The minimum Gasteiger partial charge on any atom is -0.507 e. The standard InChI is InChI=1S/C32H42O7/c1-20-10-27(14-25(18-38-6)29(20)33)32(3,28-11-21(2)30(34)26(15-28)19-39-7)9-8-22-12-23(16-36-4)31(35)24(13-22)17-37-5/h10-15,33-35H,8-9,16-19H2,1-7H3. The molecule has 0 spiro atoms. The van der Waals surface area contributed by atoms with Crippen LogP contribution in [0.15, 0.2) is 36.4 Å². The Morgan fingerprint density at radius 2 is 0.923 bits per heavy atom. The van der Waals surface area contributed by atoms with Gasteiger partial charge in [0.2, 0.25) is 0 Å². The van der Waals surface area contributed by atoms with Crippen LogP contribution in [0.1, 0.15) is 63.4 Å². The van der Waals surface area contributed by atoms with E-state index >= 15 is 0 Å². The maximum absolute atomic E-state index is 10.7. The van der Waals surface area contributed by atoms with Crippen molar-refractivity contribution < 1.29 is 34.3 Å². The van der Waals surface area contributed by atoms with Gasteiger partial charge in [0.25, 0.3) is 0 Å². The van der Waals surface area contributed by atoms with Crippen LogP contribution in [0.2, 0.25) is 0 Å². The molecule has 0 aliphatic rings. The lowest BCUT2D eigenvalue weighted by atomic mass is 9.71. The minimum absolute atomic E-state index is 0.196. The van der Waals surface area contributed by atoms with Gasteiger partial charge in [-0.1, -0.05) is 19.1 Å². The van der Waals surface area contributed by atoms with Crippen LogP contribution < -0.4 is 0 Å². The highest BCUT2D eigenvalue weighted by atomic mass is 16.5. The van der Waals surface area contributed by atoms with Crippen molar-refractivity contribution in [2.75, 3.05) is 28.4 Å². The zero-order chi connectivity index (χ0) is 28.7. The third-order valence-electron chi connectivity index (χ3n) is 7.47. The predicted molar refractivity (Wildman–Crippen MR) is 151 cm³/mol. The number of benzene rings is 3. The monoisotopic (exact) mass is 538 g/mol. The molecule has 0 aromatic heterocycles. The maximum Gasteiger partial charge on any atom is 0.126 e.